The summed E-state index contributed by atoms with van der Waals surface area (Å²) in [6.45, 7) is 9.78. The van der Waals surface area contributed by atoms with E-state index < -0.39 is 11.6 Å². The molecule has 0 aromatic rings. The highest BCUT2D eigenvalue weighted by Gasteiger charge is 2.40. The summed E-state index contributed by atoms with van der Waals surface area (Å²) < 4.78 is 11.4. The Kier molecular flexibility index (Phi) is 13.0. The summed E-state index contributed by atoms with van der Waals surface area (Å²) in [5.74, 6) is -0.887. The summed E-state index contributed by atoms with van der Waals surface area (Å²) in [7, 11) is 6.50. The Morgan fingerprint density at radius 2 is 1.83 bits per heavy atom. The number of amides is 3. The molecule has 0 radical (unpaired) electrons. The van der Waals surface area contributed by atoms with Gasteiger partial charge in [0, 0.05) is 33.7 Å². The van der Waals surface area contributed by atoms with E-state index in [1.807, 2.05) is 13.8 Å². The van der Waals surface area contributed by atoms with E-state index >= 15 is 0 Å². The fourth-order valence-electron chi connectivity index (χ4n) is 4.90. The second-order valence-corrected chi connectivity index (χ2v) is 10.4. The number of methoxy groups -OCH3 is 2. The zero-order chi connectivity index (χ0) is 27.6. The summed E-state index contributed by atoms with van der Waals surface area (Å²) in [5.41, 5.74) is -0.801. The molecule has 1 saturated heterocycles. The van der Waals surface area contributed by atoms with Crippen LogP contribution in [0.5, 0.6) is 0 Å². The molecule has 2 N–H and O–H groups in total. The van der Waals surface area contributed by atoms with Crippen molar-refractivity contribution >= 4 is 24.0 Å². The zero-order valence-corrected chi connectivity index (χ0v) is 23.6. The molecule has 1 rings (SSSR count). The van der Waals surface area contributed by atoms with Gasteiger partial charge in [0.05, 0.1) is 42.8 Å². The van der Waals surface area contributed by atoms with Crippen molar-refractivity contribution in [2.24, 2.45) is 11.8 Å². The molecule has 1 fully saturated rings. The normalized spacial score (nSPS) is 20.2. The van der Waals surface area contributed by atoms with Crippen LogP contribution in [0.25, 0.3) is 0 Å². The standard InChI is InChI=1S/C26H48N4O6/c1-10-17(2)23(29(7)22(33)15-28-25(34)26(4,5)27-6)20(35-8)14-21(32)30-13-11-12-19(30)24(36-9)18(3)16-31/h16-20,23-24,27H,10-15H2,1-9H3,(H,28,34). The highest BCUT2D eigenvalue weighted by Crippen LogP contribution is 2.28. The number of aldehydes is 1. The van der Waals surface area contributed by atoms with Gasteiger partial charge in [-0.1, -0.05) is 27.2 Å². The highest BCUT2D eigenvalue weighted by atomic mass is 16.5. The van der Waals surface area contributed by atoms with Crippen LogP contribution in [0.1, 0.15) is 60.3 Å². The first-order chi connectivity index (χ1) is 16.9. The summed E-state index contributed by atoms with van der Waals surface area (Å²) in [6, 6.07) is -0.536. The van der Waals surface area contributed by atoms with Crippen LogP contribution in [0.3, 0.4) is 0 Å². The van der Waals surface area contributed by atoms with Crippen LogP contribution in [-0.4, -0.2) is 105 Å². The number of carbonyl (C=O) groups excluding carboxylic acids is 4. The minimum absolute atomic E-state index is 0.0531. The van der Waals surface area contributed by atoms with Gasteiger partial charge in [-0.15, -0.1) is 0 Å². The Hall–Kier alpha value is -2.04. The second kappa shape index (κ2) is 14.6. The van der Waals surface area contributed by atoms with E-state index in [1.54, 1.807) is 58.9 Å². The van der Waals surface area contributed by atoms with Gasteiger partial charge in [0.1, 0.15) is 6.29 Å². The summed E-state index contributed by atoms with van der Waals surface area (Å²) in [6.07, 6.45) is 2.47. The zero-order valence-electron chi connectivity index (χ0n) is 23.6. The average molecular weight is 513 g/mol. The minimum atomic E-state index is -0.801. The first kappa shape index (κ1) is 32.0. The minimum Gasteiger partial charge on any atom is -0.379 e. The average Bonchev–Trinajstić information content (AvgIpc) is 3.35. The molecular formula is C26H48N4O6. The van der Waals surface area contributed by atoms with Gasteiger partial charge in [-0.05, 0) is 39.7 Å². The van der Waals surface area contributed by atoms with Crippen LogP contribution in [0.2, 0.25) is 0 Å². The smallest absolute Gasteiger partial charge is 0.242 e. The van der Waals surface area contributed by atoms with Crippen molar-refractivity contribution in [2.45, 2.75) is 90.1 Å². The van der Waals surface area contributed by atoms with Crippen molar-refractivity contribution in [3.63, 3.8) is 0 Å². The van der Waals surface area contributed by atoms with Crippen LogP contribution >= 0.6 is 0 Å². The highest BCUT2D eigenvalue weighted by molar-refractivity contribution is 5.89. The number of carbonyl (C=O) groups is 4. The van der Waals surface area contributed by atoms with Gasteiger partial charge in [0.2, 0.25) is 17.7 Å². The van der Waals surface area contributed by atoms with E-state index in [4.69, 9.17) is 9.47 Å². The summed E-state index contributed by atoms with van der Waals surface area (Å²) in [4.78, 5) is 53.7. The fraction of sp³-hybridized carbons (Fsp3) is 0.846. The molecule has 10 nitrogen and oxygen atoms in total. The lowest BCUT2D eigenvalue weighted by Crippen LogP contribution is -2.56. The maximum absolute atomic E-state index is 13.5. The molecule has 10 heteroatoms. The summed E-state index contributed by atoms with van der Waals surface area (Å²) >= 11 is 0. The Bertz CT molecular complexity index is 746. The van der Waals surface area contributed by atoms with Gasteiger partial charge in [-0.2, -0.15) is 0 Å². The van der Waals surface area contributed by atoms with E-state index in [9.17, 15) is 19.2 Å². The monoisotopic (exact) mass is 512 g/mol. The van der Waals surface area contributed by atoms with Crippen LogP contribution in [0.15, 0.2) is 0 Å². The molecule has 208 valence electrons. The third-order valence-electron chi connectivity index (χ3n) is 7.72. The molecule has 1 aliphatic heterocycles. The first-order valence-electron chi connectivity index (χ1n) is 12.9. The van der Waals surface area contributed by atoms with Crippen LogP contribution in [-0.2, 0) is 28.7 Å². The Morgan fingerprint density at radius 1 is 1.19 bits per heavy atom. The van der Waals surface area contributed by atoms with Crippen molar-refractivity contribution in [3.8, 4) is 0 Å². The van der Waals surface area contributed by atoms with Crippen molar-refractivity contribution in [2.75, 3.05) is 41.4 Å². The molecule has 1 aliphatic rings. The molecule has 6 atom stereocenters. The molecule has 0 aromatic carbocycles. The molecule has 3 amide bonds. The van der Waals surface area contributed by atoms with Crippen molar-refractivity contribution < 1.29 is 28.7 Å². The Balaban J connectivity index is 3.02. The number of rotatable bonds is 15. The van der Waals surface area contributed by atoms with Gasteiger partial charge in [-0.3, -0.25) is 14.4 Å². The SMILES string of the molecule is CCC(C)C(C(CC(=O)N1CCCC1C(OC)C(C)C=O)OC)N(C)C(=O)CNC(=O)C(C)(C)NC. The molecule has 0 bridgehead atoms. The second-order valence-electron chi connectivity index (χ2n) is 10.4. The van der Waals surface area contributed by atoms with Gasteiger partial charge in [0.15, 0.2) is 0 Å². The van der Waals surface area contributed by atoms with Gasteiger partial charge < -0.3 is 34.7 Å². The third-order valence-corrected chi connectivity index (χ3v) is 7.72. The predicted octanol–water partition coefficient (Wildman–Crippen LogP) is 1.22. The van der Waals surface area contributed by atoms with Crippen LogP contribution in [0.4, 0.5) is 0 Å². The number of likely N-dealkylation sites (N-methyl/N-ethyl adjacent to an activating group) is 2. The Labute approximate surface area is 216 Å². The third kappa shape index (κ3) is 7.98. The van der Waals surface area contributed by atoms with Gasteiger partial charge in [-0.25, -0.2) is 0 Å². The maximum Gasteiger partial charge on any atom is 0.242 e. The molecule has 0 aromatic heterocycles. The molecule has 6 unspecified atom stereocenters. The van der Waals surface area contributed by atoms with Crippen molar-refractivity contribution in [3.05, 3.63) is 0 Å². The topological polar surface area (TPSA) is 117 Å². The summed E-state index contributed by atoms with van der Waals surface area (Å²) in [5, 5.41) is 5.62. The maximum atomic E-state index is 13.5. The lowest BCUT2D eigenvalue weighted by atomic mass is 9.90. The molecule has 36 heavy (non-hydrogen) atoms. The van der Waals surface area contributed by atoms with Crippen LogP contribution < -0.4 is 10.6 Å². The van der Waals surface area contributed by atoms with E-state index in [2.05, 4.69) is 10.6 Å². The largest absolute Gasteiger partial charge is 0.379 e. The van der Waals surface area contributed by atoms with E-state index in [0.717, 1.165) is 25.5 Å². The number of hydrogen-bond acceptors (Lipinski definition) is 7. The van der Waals surface area contributed by atoms with Gasteiger partial charge >= 0.3 is 0 Å². The van der Waals surface area contributed by atoms with Gasteiger partial charge in [0.25, 0.3) is 0 Å². The quantitative estimate of drug-likeness (QED) is 0.317. The number of nitrogens with one attached hydrogen (secondary N) is 2. The van der Waals surface area contributed by atoms with E-state index in [-0.39, 0.29) is 60.7 Å². The number of hydrogen-bond donors (Lipinski definition) is 2. The number of nitrogens with zero attached hydrogens (tertiary/aromatic N) is 2. The lowest BCUT2D eigenvalue weighted by molar-refractivity contribution is -0.145. The molecular weight excluding hydrogens is 464 g/mol. The van der Waals surface area contributed by atoms with E-state index in [0.29, 0.717) is 6.54 Å². The molecule has 0 aliphatic carbocycles. The molecule has 0 saturated carbocycles. The van der Waals surface area contributed by atoms with E-state index in [1.165, 1.54) is 0 Å². The molecule has 1 heterocycles. The van der Waals surface area contributed by atoms with Crippen LogP contribution in [0, 0.1) is 11.8 Å². The number of likely N-dealkylation sites (tertiary alicyclic amines) is 1. The van der Waals surface area contributed by atoms with Crippen molar-refractivity contribution in [1.29, 1.82) is 0 Å². The lowest BCUT2D eigenvalue weighted by Gasteiger charge is -2.39. The predicted molar refractivity (Wildman–Crippen MR) is 138 cm³/mol. The Morgan fingerprint density at radius 3 is 2.33 bits per heavy atom. The molecule has 0 spiro atoms. The first-order valence-corrected chi connectivity index (χ1v) is 12.9. The fourth-order valence-corrected chi connectivity index (χ4v) is 4.90. The van der Waals surface area contributed by atoms with Crippen molar-refractivity contribution in [1.82, 2.24) is 20.4 Å². The number of ether oxygens (including phenoxy) is 2.